The van der Waals surface area contributed by atoms with Crippen molar-refractivity contribution in [1.82, 2.24) is 6.15 Å². The Balaban J connectivity index is 0. The average molecular weight is 379 g/mol. The SMILES string of the molecule is N.[Br][Sb]([Br])[Br]. The van der Waals surface area contributed by atoms with Crippen LogP contribution >= 0.6 is 37.8 Å². The van der Waals surface area contributed by atoms with Gasteiger partial charge in [-0.05, 0) is 0 Å². The Kier molecular flexibility index (Phi) is 12.7. The third kappa shape index (κ3) is 22.5. The molecule has 0 bridgehead atoms. The van der Waals surface area contributed by atoms with Gasteiger partial charge in [0, 0.05) is 0 Å². The molecule has 0 saturated heterocycles. The molecule has 0 heterocycles. The van der Waals surface area contributed by atoms with Crippen LogP contribution in [0.5, 0.6) is 0 Å². The molecule has 0 aromatic heterocycles. The average Bonchev–Trinajstić information content (AvgIpc) is 0.811. The monoisotopic (exact) mass is 375 g/mol. The molecule has 0 unspecified atom stereocenters. The van der Waals surface area contributed by atoms with Gasteiger partial charge >= 0.3 is 51.2 Å². The summed E-state index contributed by atoms with van der Waals surface area (Å²) in [5.41, 5.74) is 0. The van der Waals surface area contributed by atoms with Crippen molar-refractivity contribution in [1.29, 1.82) is 0 Å². The minimum absolute atomic E-state index is 0. The van der Waals surface area contributed by atoms with Gasteiger partial charge in [0.05, 0.1) is 0 Å². The van der Waals surface area contributed by atoms with Gasteiger partial charge in [0.15, 0.2) is 0 Å². The first-order valence-corrected chi connectivity index (χ1v) is 17.7. The van der Waals surface area contributed by atoms with Crippen LogP contribution in [-0.2, 0) is 0 Å². The third-order valence-corrected chi connectivity index (χ3v) is 0. The van der Waals surface area contributed by atoms with Crippen molar-refractivity contribution in [2.24, 2.45) is 0 Å². The topological polar surface area (TPSA) is 35.0 Å². The van der Waals surface area contributed by atoms with Crippen LogP contribution < -0.4 is 6.15 Å². The molecule has 0 aliphatic heterocycles. The zero-order valence-corrected chi connectivity index (χ0v) is 9.60. The fourth-order valence-electron chi connectivity index (χ4n) is 0. The van der Waals surface area contributed by atoms with Gasteiger partial charge in [0.2, 0.25) is 0 Å². The van der Waals surface area contributed by atoms with Crippen LogP contribution in [0.4, 0.5) is 0 Å². The first-order chi connectivity index (χ1) is 1.73. The second kappa shape index (κ2) is 6.22. The molecule has 0 aromatic rings. The summed E-state index contributed by atoms with van der Waals surface area (Å²) in [7, 11) is 0. The molecule has 34 valence electrons. The Morgan fingerprint density at radius 3 is 1.00 bits per heavy atom. The summed E-state index contributed by atoms with van der Waals surface area (Å²) in [4.78, 5) is 0. The van der Waals surface area contributed by atoms with Crippen LogP contribution in [0.1, 0.15) is 0 Å². The van der Waals surface area contributed by atoms with Crippen LogP contribution in [0, 0.1) is 0 Å². The van der Waals surface area contributed by atoms with Gasteiger partial charge in [0.1, 0.15) is 0 Å². The van der Waals surface area contributed by atoms with Crippen molar-refractivity contribution in [3.05, 3.63) is 0 Å². The number of hydrogen-bond acceptors (Lipinski definition) is 1. The Labute approximate surface area is 56.5 Å². The fourth-order valence-corrected chi connectivity index (χ4v) is 0. The number of hydrogen-bond donors (Lipinski definition) is 1. The van der Waals surface area contributed by atoms with Crippen molar-refractivity contribution in [3.63, 3.8) is 0 Å². The predicted molar refractivity (Wildman–Crippen MR) is 37.6 cm³/mol. The summed E-state index contributed by atoms with van der Waals surface area (Å²) >= 11 is 8.85. The molecule has 0 amide bonds. The van der Waals surface area contributed by atoms with Gasteiger partial charge in [-0.25, -0.2) is 0 Å². The Morgan fingerprint density at radius 1 is 1.00 bits per heavy atom. The van der Waals surface area contributed by atoms with Crippen LogP contribution in [0.15, 0.2) is 0 Å². The van der Waals surface area contributed by atoms with E-state index in [1.165, 1.54) is 0 Å². The fraction of sp³-hybridized carbons (Fsp3) is 0. The van der Waals surface area contributed by atoms with E-state index < -0.39 is 13.5 Å². The van der Waals surface area contributed by atoms with Crippen LogP contribution in [-0.4, -0.2) is 13.5 Å². The van der Waals surface area contributed by atoms with E-state index >= 15 is 0 Å². The van der Waals surface area contributed by atoms with Crippen molar-refractivity contribution < 1.29 is 0 Å². The normalized spacial score (nSPS) is 7.20. The van der Waals surface area contributed by atoms with E-state index in [1.54, 1.807) is 0 Å². The van der Waals surface area contributed by atoms with Gasteiger partial charge in [-0.2, -0.15) is 0 Å². The van der Waals surface area contributed by atoms with Crippen molar-refractivity contribution in [2.45, 2.75) is 0 Å². The van der Waals surface area contributed by atoms with Gasteiger partial charge in [-0.1, -0.05) is 0 Å². The minimum atomic E-state index is -1.01. The zero-order valence-electron chi connectivity index (χ0n) is 2.29. The summed E-state index contributed by atoms with van der Waals surface area (Å²) in [6, 6.07) is 0. The molecule has 0 aliphatic rings. The summed E-state index contributed by atoms with van der Waals surface area (Å²) in [5.74, 6) is 0. The predicted octanol–water partition coefficient (Wildman–Crippen LogP) is 2.32. The second-order valence-corrected chi connectivity index (χ2v) is 34.7. The Morgan fingerprint density at radius 2 is 1.00 bits per heavy atom. The molecule has 0 fully saturated rings. The molecule has 0 radical (unpaired) electrons. The Hall–Kier alpha value is 2.22. The van der Waals surface area contributed by atoms with Crippen molar-refractivity contribution in [3.8, 4) is 0 Å². The summed E-state index contributed by atoms with van der Waals surface area (Å²) < 4.78 is 0. The molecule has 3 N–H and O–H groups in total. The maximum absolute atomic E-state index is 3.29. The van der Waals surface area contributed by atoms with Crippen LogP contribution in [0.25, 0.3) is 0 Å². The molecule has 0 aromatic carbocycles. The van der Waals surface area contributed by atoms with E-state index in [2.05, 4.69) is 37.8 Å². The van der Waals surface area contributed by atoms with E-state index in [4.69, 9.17) is 0 Å². The van der Waals surface area contributed by atoms with E-state index in [0.717, 1.165) is 0 Å². The first kappa shape index (κ1) is 10.2. The summed E-state index contributed by atoms with van der Waals surface area (Å²) in [5, 5.41) is 0. The molecule has 1 nitrogen and oxygen atoms in total. The quantitative estimate of drug-likeness (QED) is 0.645. The molecule has 0 rings (SSSR count). The molecule has 5 heavy (non-hydrogen) atoms. The van der Waals surface area contributed by atoms with Gasteiger partial charge in [-0.15, -0.1) is 0 Å². The van der Waals surface area contributed by atoms with Crippen LogP contribution in [0.3, 0.4) is 0 Å². The molecule has 5 heteroatoms. The zero-order chi connectivity index (χ0) is 3.58. The van der Waals surface area contributed by atoms with Gasteiger partial charge in [0.25, 0.3) is 0 Å². The standard InChI is InChI=1S/3BrH.H3N.Sb/h3*1H;1H3;/q;;;;+3/p-3. The Bertz CT molecular complexity index is 11.6. The van der Waals surface area contributed by atoms with E-state index in [1.807, 2.05) is 0 Å². The molecule has 0 aliphatic carbocycles. The molecule has 0 saturated carbocycles. The molecular formula is H3Br3NSb. The van der Waals surface area contributed by atoms with E-state index in [-0.39, 0.29) is 6.15 Å². The molecular weight excluding hydrogens is 375 g/mol. The summed E-state index contributed by atoms with van der Waals surface area (Å²) in [6.07, 6.45) is 0. The summed E-state index contributed by atoms with van der Waals surface area (Å²) in [6.45, 7) is 0. The maximum atomic E-state index is 3.29. The van der Waals surface area contributed by atoms with Crippen molar-refractivity contribution in [2.75, 3.05) is 0 Å². The van der Waals surface area contributed by atoms with Crippen molar-refractivity contribution >= 4 is 51.2 Å². The van der Waals surface area contributed by atoms with Gasteiger partial charge < -0.3 is 6.15 Å². The first-order valence-electron chi connectivity index (χ1n) is 0.507. The van der Waals surface area contributed by atoms with Crippen LogP contribution in [0.2, 0.25) is 0 Å². The number of halogens is 3. The molecule has 0 atom stereocenters. The number of rotatable bonds is 0. The van der Waals surface area contributed by atoms with Gasteiger partial charge in [-0.3, -0.25) is 0 Å². The second-order valence-electron chi connectivity index (χ2n) is 0.192. The van der Waals surface area contributed by atoms with E-state index in [0.29, 0.717) is 0 Å². The third-order valence-electron chi connectivity index (χ3n) is 0. The molecule has 0 spiro atoms. The van der Waals surface area contributed by atoms with E-state index in [9.17, 15) is 0 Å².